The number of amides is 1. The fourth-order valence-electron chi connectivity index (χ4n) is 2.35. The summed E-state index contributed by atoms with van der Waals surface area (Å²) >= 11 is 3.43. The summed E-state index contributed by atoms with van der Waals surface area (Å²) in [6.07, 6.45) is 1.41. The summed E-state index contributed by atoms with van der Waals surface area (Å²) in [6.45, 7) is 4.84. The Balaban J connectivity index is 1.89. The number of rotatable bonds is 6. The van der Waals surface area contributed by atoms with Crippen molar-refractivity contribution < 1.29 is 4.79 Å². The van der Waals surface area contributed by atoms with Gasteiger partial charge in [0.25, 0.3) is 0 Å². The zero-order chi connectivity index (χ0) is 15.9. The average Bonchev–Trinajstić information content (AvgIpc) is 2.51. The number of hydrogen-bond donors (Lipinski definition) is 2. The molecule has 0 atom stereocenters. The molecule has 0 aliphatic rings. The van der Waals surface area contributed by atoms with Gasteiger partial charge in [-0.1, -0.05) is 37.3 Å². The van der Waals surface area contributed by atoms with E-state index in [1.54, 1.807) is 0 Å². The van der Waals surface area contributed by atoms with E-state index < -0.39 is 0 Å². The summed E-state index contributed by atoms with van der Waals surface area (Å²) in [4.78, 5) is 12.0. The Bertz CT molecular complexity index is 655. The Morgan fingerprint density at radius 3 is 2.64 bits per heavy atom. The average molecular weight is 361 g/mol. The van der Waals surface area contributed by atoms with Crippen molar-refractivity contribution in [3.63, 3.8) is 0 Å². The van der Waals surface area contributed by atoms with Gasteiger partial charge in [-0.15, -0.1) is 0 Å². The number of carbonyl (C=O) groups is 1. The molecule has 0 aliphatic carbocycles. The molecule has 116 valence electrons. The van der Waals surface area contributed by atoms with Gasteiger partial charge in [-0.25, -0.2) is 0 Å². The van der Waals surface area contributed by atoms with Crippen molar-refractivity contribution >= 4 is 33.2 Å². The number of anilines is 2. The first-order chi connectivity index (χ1) is 10.6. The van der Waals surface area contributed by atoms with Crippen LogP contribution >= 0.6 is 15.9 Å². The molecule has 22 heavy (non-hydrogen) atoms. The molecule has 1 amide bonds. The van der Waals surface area contributed by atoms with E-state index in [0.29, 0.717) is 13.0 Å². The third kappa shape index (κ3) is 4.34. The molecular weight excluding hydrogens is 340 g/mol. The van der Waals surface area contributed by atoms with Crippen molar-refractivity contribution in [1.29, 1.82) is 0 Å². The van der Waals surface area contributed by atoms with Gasteiger partial charge in [-0.05, 0) is 52.5 Å². The van der Waals surface area contributed by atoms with E-state index in [4.69, 9.17) is 0 Å². The third-order valence-corrected chi connectivity index (χ3v) is 4.23. The van der Waals surface area contributed by atoms with Crippen LogP contribution in [0.3, 0.4) is 0 Å². The van der Waals surface area contributed by atoms with Crippen molar-refractivity contribution in [1.82, 2.24) is 0 Å². The number of halogens is 1. The number of carbonyl (C=O) groups excluding carboxylic acids is 1. The summed E-state index contributed by atoms with van der Waals surface area (Å²) in [5, 5.41) is 6.31. The SMILES string of the molecule is CCc1cccc(C)c1NCCC(=O)Nc1ccccc1Br. The van der Waals surface area contributed by atoms with Gasteiger partial charge in [-0.2, -0.15) is 0 Å². The van der Waals surface area contributed by atoms with Crippen LogP contribution in [-0.4, -0.2) is 12.5 Å². The molecule has 0 unspecified atom stereocenters. The molecule has 2 aromatic carbocycles. The Kier molecular flexibility index (Phi) is 6.01. The molecule has 0 saturated carbocycles. The first kappa shape index (κ1) is 16.6. The summed E-state index contributed by atoms with van der Waals surface area (Å²) in [6, 6.07) is 13.9. The molecule has 2 N–H and O–H groups in total. The van der Waals surface area contributed by atoms with Gasteiger partial charge in [0.1, 0.15) is 0 Å². The fraction of sp³-hybridized carbons (Fsp3) is 0.278. The number of para-hydroxylation sites is 2. The Labute approximate surface area is 140 Å². The van der Waals surface area contributed by atoms with Crippen LogP contribution in [0.25, 0.3) is 0 Å². The molecule has 0 fully saturated rings. The zero-order valence-corrected chi connectivity index (χ0v) is 14.5. The maximum Gasteiger partial charge on any atom is 0.226 e. The summed E-state index contributed by atoms with van der Waals surface area (Å²) < 4.78 is 0.892. The van der Waals surface area contributed by atoms with Crippen LogP contribution in [0.2, 0.25) is 0 Å². The molecule has 0 radical (unpaired) electrons. The van der Waals surface area contributed by atoms with Crippen LogP contribution in [0.1, 0.15) is 24.5 Å². The first-order valence-corrected chi connectivity index (χ1v) is 8.28. The lowest BCUT2D eigenvalue weighted by Crippen LogP contribution is -2.17. The first-order valence-electron chi connectivity index (χ1n) is 7.48. The second kappa shape index (κ2) is 7.99. The Morgan fingerprint density at radius 2 is 1.91 bits per heavy atom. The molecule has 2 rings (SSSR count). The molecule has 4 heteroatoms. The van der Waals surface area contributed by atoms with Crippen molar-refractivity contribution in [2.75, 3.05) is 17.2 Å². The van der Waals surface area contributed by atoms with Gasteiger partial charge in [0.2, 0.25) is 5.91 Å². The minimum atomic E-state index is 0.00559. The zero-order valence-electron chi connectivity index (χ0n) is 12.9. The highest BCUT2D eigenvalue weighted by Gasteiger charge is 2.07. The van der Waals surface area contributed by atoms with Crippen LogP contribution in [0.15, 0.2) is 46.9 Å². The predicted molar refractivity (Wildman–Crippen MR) is 96.4 cm³/mol. The van der Waals surface area contributed by atoms with Gasteiger partial charge in [0.05, 0.1) is 5.69 Å². The largest absolute Gasteiger partial charge is 0.384 e. The second-order valence-electron chi connectivity index (χ2n) is 5.17. The molecular formula is C18H21BrN2O. The maximum absolute atomic E-state index is 12.0. The van der Waals surface area contributed by atoms with E-state index in [0.717, 1.165) is 22.3 Å². The highest BCUT2D eigenvalue weighted by molar-refractivity contribution is 9.10. The molecule has 0 bridgehead atoms. The summed E-state index contributed by atoms with van der Waals surface area (Å²) in [5.41, 5.74) is 4.45. The van der Waals surface area contributed by atoms with Crippen LogP contribution in [0.4, 0.5) is 11.4 Å². The van der Waals surface area contributed by atoms with Crippen molar-refractivity contribution in [3.8, 4) is 0 Å². The van der Waals surface area contributed by atoms with Crippen molar-refractivity contribution in [3.05, 3.63) is 58.1 Å². The van der Waals surface area contributed by atoms with Crippen LogP contribution in [0, 0.1) is 6.92 Å². The van der Waals surface area contributed by atoms with E-state index in [9.17, 15) is 4.79 Å². The lowest BCUT2D eigenvalue weighted by Gasteiger charge is -2.14. The number of aryl methyl sites for hydroxylation is 2. The Morgan fingerprint density at radius 1 is 1.14 bits per heavy atom. The molecule has 3 nitrogen and oxygen atoms in total. The third-order valence-electron chi connectivity index (χ3n) is 3.54. The maximum atomic E-state index is 12.0. The number of benzene rings is 2. The van der Waals surface area contributed by atoms with Gasteiger partial charge < -0.3 is 10.6 Å². The molecule has 0 heterocycles. The van der Waals surface area contributed by atoms with Crippen molar-refractivity contribution in [2.24, 2.45) is 0 Å². The summed E-state index contributed by atoms with van der Waals surface area (Å²) in [7, 11) is 0. The van der Waals surface area contributed by atoms with E-state index in [2.05, 4.69) is 58.6 Å². The van der Waals surface area contributed by atoms with Crippen LogP contribution < -0.4 is 10.6 Å². The molecule has 0 saturated heterocycles. The minimum Gasteiger partial charge on any atom is -0.384 e. The highest BCUT2D eigenvalue weighted by atomic mass is 79.9. The van der Waals surface area contributed by atoms with Gasteiger partial charge >= 0.3 is 0 Å². The van der Waals surface area contributed by atoms with E-state index in [1.807, 2.05) is 24.3 Å². The normalized spacial score (nSPS) is 10.3. The molecule has 0 spiro atoms. The van der Waals surface area contributed by atoms with Crippen LogP contribution in [-0.2, 0) is 11.2 Å². The fourth-order valence-corrected chi connectivity index (χ4v) is 2.74. The van der Waals surface area contributed by atoms with Gasteiger partial charge in [0, 0.05) is 23.1 Å². The molecule has 0 aromatic heterocycles. The molecule has 2 aromatic rings. The van der Waals surface area contributed by atoms with E-state index in [-0.39, 0.29) is 5.91 Å². The Hall–Kier alpha value is -1.81. The smallest absolute Gasteiger partial charge is 0.226 e. The lowest BCUT2D eigenvalue weighted by atomic mass is 10.1. The summed E-state index contributed by atoms with van der Waals surface area (Å²) in [5.74, 6) is 0.00559. The van der Waals surface area contributed by atoms with E-state index in [1.165, 1.54) is 11.1 Å². The van der Waals surface area contributed by atoms with Gasteiger partial charge in [-0.3, -0.25) is 4.79 Å². The highest BCUT2D eigenvalue weighted by Crippen LogP contribution is 2.22. The van der Waals surface area contributed by atoms with Gasteiger partial charge in [0.15, 0.2) is 0 Å². The molecule has 0 aliphatic heterocycles. The second-order valence-corrected chi connectivity index (χ2v) is 6.02. The number of hydrogen-bond acceptors (Lipinski definition) is 2. The van der Waals surface area contributed by atoms with Crippen LogP contribution in [0.5, 0.6) is 0 Å². The monoisotopic (exact) mass is 360 g/mol. The standard InChI is InChI=1S/C18H21BrN2O/c1-3-14-8-6-7-13(2)18(14)20-12-11-17(22)21-16-10-5-4-9-15(16)19/h4-10,20H,3,11-12H2,1-2H3,(H,21,22). The predicted octanol–water partition coefficient (Wildman–Crippen LogP) is 4.76. The lowest BCUT2D eigenvalue weighted by molar-refractivity contribution is -0.115. The quantitative estimate of drug-likeness (QED) is 0.779. The van der Waals surface area contributed by atoms with Crippen molar-refractivity contribution in [2.45, 2.75) is 26.7 Å². The minimum absolute atomic E-state index is 0.00559. The number of nitrogens with one attached hydrogen (secondary N) is 2. The van der Waals surface area contributed by atoms with E-state index >= 15 is 0 Å². The topological polar surface area (TPSA) is 41.1 Å².